The minimum absolute atomic E-state index is 0.202. The topological polar surface area (TPSA) is 72.2 Å². The molecule has 14 heavy (non-hydrogen) atoms. The first-order valence-corrected chi connectivity index (χ1v) is 6.29. The molecule has 4 nitrogen and oxygen atoms in total. The molecule has 0 saturated heterocycles. The van der Waals surface area contributed by atoms with Gasteiger partial charge in [-0.3, -0.25) is 0 Å². The van der Waals surface area contributed by atoms with Gasteiger partial charge in [0.2, 0.25) is 10.0 Å². The van der Waals surface area contributed by atoms with Crippen LogP contribution in [0.1, 0.15) is 6.92 Å². The van der Waals surface area contributed by atoms with Crippen LogP contribution >= 0.6 is 15.9 Å². The number of anilines is 1. The Morgan fingerprint density at radius 2 is 2.14 bits per heavy atom. The van der Waals surface area contributed by atoms with Crippen LogP contribution in [-0.4, -0.2) is 15.0 Å². The molecule has 1 aromatic carbocycles. The van der Waals surface area contributed by atoms with Gasteiger partial charge in [0.1, 0.15) is 0 Å². The van der Waals surface area contributed by atoms with Crippen molar-refractivity contribution >= 4 is 31.6 Å². The molecular weight excluding hydrogens is 268 g/mol. The summed E-state index contributed by atoms with van der Waals surface area (Å²) in [5, 5.41) is 0. The first-order valence-electron chi connectivity index (χ1n) is 4.02. The van der Waals surface area contributed by atoms with Gasteiger partial charge in [-0.05, 0) is 34.1 Å². The molecule has 0 spiro atoms. The molecule has 6 heteroatoms. The van der Waals surface area contributed by atoms with Crippen LogP contribution in [0.15, 0.2) is 27.6 Å². The van der Waals surface area contributed by atoms with Crippen LogP contribution in [0.3, 0.4) is 0 Å². The molecule has 0 aliphatic carbocycles. The van der Waals surface area contributed by atoms with E-state index in [1.807, 2.05) is 0 Å². The Balaban J connectivity index is 3.20. The van der Waals surface area contributed by atoms with E-state index in [0.717, 1.165) is 0 Å². The van der Waals surface area contributed by atoms with Crippen molar-refractivity contribution in [2.24, 2.45) is 0 Å². The number of nitrogens with one attached hydrogen (secondary N) is 1. The Morgan fingerprint density at radius 3 is 2.64 bits per heavy atom. The van der Waals surface area contributed by atoms with Crippen molar-refractivity contribution in [2.75, 3.05) is 12.3 Å². The van der Waals surface area contributed by atoms with Crippen LogP contribution in [0.2, 0.25) is 0 Å². The number of nitrogens with two attached hydrogens (primary N) is 1. The van der Waals surface area contributed by atoms with Gasteiger partial charge in [-0.2, -0.15) is 0 Å². The van der Waals surface area contributed by atoms with E-state index in [-0.39, 0.29) is 4.90 Å². The van der Waals surface area contributed by atoms with Crippen molar-refractivity contribution in [1.29, 1.82) is 0 Å². The van der Waals surface area contributed by atoms with Crippen molar-refractivity contribution in [3.63, 3.8) is 0 Å². The molecule has 3 N–H and O–H groups in total. The van der Waals surface area contributed by atoms with Gasteiger partial charge in [0.15, 0.2) is 0 Å². The van der Waals surface area contributed by atoms with Gasteiger partial charge in [0.05, 0.1) is 4.90 Å². The van der Waals surface area contributed by atoms with Gasteiger partial charge in [0.25, 0.3) is 0 Å². The number of hydrogen-bond donors (Lipinski definition) is 2. The van der Waals surface area contributed by atoms with Gasteiger partial charge in [-0.1, -0.05) is 6.92 Å². The highest BCUT2D eigenvalue weighted by molar-refractivity contribution is 9.10. The predicted octanol–water partition coefficient (Wildman–Crippen LogP) is 1.33. The van der Waals surface area contributed by atoms with Gasteiger partial charge < -0.3 is 5.73 Å². The quantitative estimate of drug-likeness (QED) is 0.820. The van der Waals surface area contributed by atoms with E-state index in [9.17, 15) is 8.42 Å². The van der Waals surface area contributed by atoms with Crippen molar-refractivity contribution in [2.45, 2.75) is 11.8 Å². The lowest BCUT2D eigenvalue weighted by molar-refractivity contribution is 0.583. The second-order valence-corrected chi connectivity index (χ2v) is 5.28. The number of sulfonamides is 1. The molecule has 0 fully saturated rings. The number of halogens is 1. The van der Waals surface area contributed by atoms with Crippen LogP contribution < -0.4 is 10.5 Å². The van der Waals surface area contributed by atoms with Crippen molar-refractivity contribution < 1.29 is 8.42 Å². The van der Waals surface area contributed by atoms with E-state index >= 15 is 0 Å². The molecule has 78 valence electrons. The van der Waals surface area contributed by atoms with E-state index in [1.165, 1.54) is 6.07 Å². The van der Waals surface area contributed by atoms with Crippen molar-refractivity contribution in [3.8, 4) is 0 Å². The molecule has 0 atom stereocenters. The minimum atomic E-state index is -3.41. The highest BCUT2D eigenvalue weighted by Crippen LogP contribution is 2.23. The lowest BCUT2D eigenvalue weighted by Crippen LogP contribution is -2.23. The number of hydrogen-bond acceptors (Lipinski definition) is 3. The zero-order valence-electron chi connectivity index (χ0n) is 7.62. The molecule has 0 aromatic heterocycles. The zero-order chi connectivity index (χ0) is 10.8. The molecule has 1 rings (SSSR count). The average molecular weight is 279 g/mol. The fourth-order valence-electron chi connectivity index (χ4n) is 1.00. The Morgan fingerprint density at radius 1 is 1.50 bits per heavy atom. The molecule has 0 radical (unpaired) electrons. The summed E-state index contributed by atoms with van der Waals surface area (Å²) in [6.07, 6.45) is 0. The molecule has 0 aliphatic rings. The monoisotopic (exact) mass is 278 g/mol. The highest BCUT2D eigenvalue weighted by Gasteiger charge is 2.15. The fraction of sp³-hybridized carbons (Fsp3) is 0.250. The zero-order valence-corrected chi connectivity index (χ0v) is 10.0. The Hall–Kier alpha value is -0.590. The molecule has 0 bridgehead atoms. The molecule has 1 aromatic rings. The van der Waals surface area contributed by atoms with Crippen molar-refractivity contribution in [1.82, 2.24) is 4.72 Å². The predicted molar refractivity (Wildman–Crippen MR) is 59.4 cm³/mol. The lowest BCUT2D eigenvalue weighted by Gasteiger charge is -2.06. The number of rotatable bonds is 3. The summed E-state index contributed by atoms with van der Waals surface area (Å²) in [7, 11) is -3.41. The standard InChI is InChI=1S/C8H11BrN2O2S/c1-2-11-14(12,13)8-4-3-6(10)5-7(8)9/h3-5,11H,2,10H2,1H3. The highest BCUT2D eigenvalue weighted by atomic mass is 79.9. The third-order valence-corrected chi connectivity index (χ3v) is 4.10. The number of nitrogen functional groups attached to an aromatic ring is 1. The van der Waals surface area contributed by atoms with E-state index in [4.69, 9.17) is 5.73 Å². The summed E-state index contributed by atoms with van der Waals surface area (Å²) >= 11 is 3.15. The maximum atomic E-state index is 11.6. The van der Waals surface area contributed by atoms with E-state index in [0.29, 0.717) is 16.7 Å². The summed E-state index contributed by atoms with van der Waals surface area (Å²) in [5.74, 6) is 0. The molecule has 0 heterocycles. The largest absolute Gasteiger partial charge is 0.399 e. The van der Waals surface area contributed by atoms with Gasteiger partial charge in [-0.25, -0.2) is 13.1 Å². The summed E-state index contributed by atoms with van der Waals surface area (Å²) in [4.78, 5) is 0.202. The summed E-state index contributed by atoms with van der Waals surface area (Å²) in [6, 6.07) is 4.58. The number of benzene rings is 1. The van der Waals surface area contributed by atoms with Crippen molar-refractivity contribution in [3.05, 3.63) is 22.7 Å². The van der Waals surface area contributed by atoms with Crippen LogP contribution in [0.25, 0.3) is 0 Å². The summed E-state index contributed by atoms with van der Waals surface area (Å²) in [6.45, 7) is 2.09. The summed E-state index contributed by atoms with van der Waals surface area (Å²) < 4.78 is 26.0. The van der Waals surface area contributed by atoms with Crippen LogP contribution in [0, 0.1) is 0 Å². The minimum Gasteiger partial charge on any atom is -0.399 e. The van der Waals surface area contributed by atoms with E-state index in [2.05, 4.69) is 20.7 Å². The van der Waals surface area contributed by atoms with Gasteiger partial charge in [-0.15, -0.1) is 0 Å². The molecule has 0 saturated carbocycles. The smallest absolute Gasteiger partial charge is 0.241 e. The molecule has 0 aliphatic heterocycles. The summed E-state index contributed by atoms with van der Waals surface area (Å²) in [5.41, 5.74) is 6.02. The third kappa shape index (κ3) is 2.46. The van der Waals surface area contributed by atoms with E-state index in [1.54, 1.807) is 19.1 Å². The first-order chi connectivity index (χ1) is 6.47. The maximum Gasteiger partial charge on any atom is 0.241 e. The lowest BCUT2D eigenvalue weighted by atomic mass is 10.3. The maximum absolute atomic E-state index is 11.6. The van der Waals surface area contributed by atoms with Crippen LogP contribution in [-0.2, 0) is 10.0 Å². The van der Waals surface area contributed by atoms with Gasteiger partial charge in [0, 0.05) is 16.7 Å². The average Bonchev–Trinajstić information content (AvgIpc) is 2.02. The Labute approximate surface area is 91.7 Å². The van der Waals surface area contributed by atoms with E-state index < -0.39 is 10.0 Å². The SMILES string of the molecule is CCNS(=O)(=O)c1ccc(N)cc1Br. The molecule has 0 amide bonds. The molecule has 0 unspecified atom stereocenters. The second-order valence-electron chi connectivity index (χ2n) is 2.69. The van der Waals surface area contributed by atoms with Gasteiger partial charge >= 0.3 is 0 Å². The first kappa shape index (κ1) is 11.5. The Kier molecular flexibility index (Phi) is 3.52. The normalized spacial score (nSPS) is 11.6. The Bertz CT molecular complexity index is 431. The second kappa shape index (κ2) is 4.29. The fourth-order valence-corrected chi connectivity index (χ4v) is 3.14. The van der Waals surface area contributed by atoms with Crippen LogP contribution in [0.5, 0.6) is 0 Å². The molecular formula is C8H11BrN2O2S. The third-order valence-electron chi connectivity index (χ3n) is 1.58. The van der Waals surface area contributed by atoms with Crippen LogP contribution in [0.4, 0.5) is 5.69 Å².